The molecule has 0 saturated carbocycles. The number of unbranched alkanes of at least 4 members (excludes halogenated alkanes) is 1. The number of halogens is 1. The molecule has 1 unspecified atom stereocenters. The Morgan fingerprint density at radius 3 is 2.55 bits per heavy atom. The van der Waals surface area contributed by atoms with Gasteiger partial charge in [-0.15, -0.1) is 0 Å². The Bertz CT molecular complexity index is 568. The normalized spacial score (nSPS) is 12.1. The van der Waals surface area contributed by atoms with E-state index >= 15 is 0 Å². The topological polar surface area (TPSA) is 35.2 Å². The second kappa shape index (κ2) is 8.54. The highest BCUT2D eigenvalue weighted by Crippen LogP contribution is 2.22. The van der Waals surface area contributed by atoms with Crippen molar-refractivity contribution in [1.29, 1.82) is 0 Å². The number of hydrogen-bond acceptors (Lipinski definition) is 2. The zero-order chi connectivity index (χ0) is 15.8. The van der Waals surface area contributed by atoms with Gasteiger partial charge in [-0.1, -0.05) is 37.6 Å². The average molecular weight is 301 g/mol. The van der Waals surface area contributed by atoms with Crippen LogP contribution in [0.5, 0.6) is 5.75 Å². The summed E-state index contributed by atoms with van der Waals surface area (Å²) in [4.78, 5) is 0. The van der Waals surface area contributed by atoms with Crippen molar-refractivity contribution in [2.24, 2.45) is 5.73 Å². The minimum atomic E-state index is -0.212. The van der Waals surface area contributed by atoms with Crippen molar-refractivity contribution in [3.05, 3.63) is 65.5 Å². The molecule has 22 heavy (non-hydrogen) atoms. The van der Waals surface area contributed by atoms with E-state index in [0.29, 0.717) is 6.54 Å². The van der Waals surface area contributed by atoms with Crippen molar-refractivity contribution in [2.75, 3.05) is 13.2 Å². The second-order valence-electron chi connectivity index (χ2n) is 5.54. The van der Waals surface area contributed by atoms with Gasteiger partial charge in [-0.25, -0.2) is 4.39 Å². The van der Waals surface area contributed by atoms with Gasteiger partial charge < -0.3 is 10.5 Å². The van der Waals surface area contributed by atoms with E-state index in [9.17, 15) is 4.39 Å². The third kappa shape index (κ3) is 4.85. The lowest BCUT2D eigenvalue weighted by atomic mass is 9.92. The highest BCUT2D eigenvalue weighted by Gasteiger charge is 2.11. The van der Waals surface area contributed by atoms with Gasteiger partial charge >= 0.3 is 0 Å². The molecule has 1 atom stereocenters. The standard InChI is InChI=1S/C19H24FNO/c1-2-3-11-22-19-9-7-15(8-10-19)12-17(14-21)16-5-4-6-18(20)13-16/h4-10,13,17H,2-3,11-12,14,21H2,1H3. The van der Waals surface area contributed by atoms with Crippen LogP contribution in [0.1, 0.15) is 36.8 Å². The van der Waals surface area contributed by atoms with Crippen LogP contribution >= 0.6 is 0 Å². The maximum atomic E-state index is 13.3. The van der Waals surface area contributed by atoms with Crippen LogP contribution in [-0.4, -0.2) is 13.2 Å². The molecule has 2 aromatic rings. The lowest BCUT2D eigenvalue weighted by molar-refractivity contribution is 0.309. The molecule has 0 radical (unpaired) electrons. The molecule has 0 bridgehead atoms. The average Bonchev–Trinajstić information content (AvgIpc) is 2.54. The van der Waals surface area contributed by atoms with Gasteiger partial charge in [-0.3, -0.25) is 0 Å². The van der Waals surface area contributed by atoms with Gasteiger partial charge in [0.15, 0.2) is 0 Å². The fourth-order valence-electron chi connectivity index (χ4n) is 2.44. The summed E-state index contributed by atoms with van der Waals surface area (Å²) in [6.45, 7) is 3.40. The van der Waals surface area contributed by atoms with E-state index in [1.807, 2.05) is 18.2 Å². The van der Waals surface area contributed by atoms with E-state index < -0.39 is 0 Å². The summed E-state index contributed by atoms with van der Waals surface area (Å²) in [7, 11) is 0. The van der Waals surface area contributed by atoms with Gasteiger partial charge in [0.25, 0.3) is 0 Å². The largest absolute Gasteiger partial charge is 0.494 e. The van der Waals surface area contributed by atoms with Gasteiger partial charge in [-0.05, 0) is 54.8 Å². The predicted molar refractivity (Wildman–Crippen MR) is 88.7 cm³/mol. The predicted octanol–water partition coefficient (Wildman–Crippen LogP) is 4.29. The van der Waals surface area contributed by atoms with Gasteiger partial charge in [0, 0.05) is 5.92 Å². The van der Waals surface area contributed by atoms with Gasteiger partial charge in [0.2, 0.25) is 0 Å². The van der Waals surface area contributed by atoms with Crippen molar-refractivity contribution < 1.29 is 9.13 Å². The van der Waals surface area contributed by atoms with Crippen molar-refractivity contribution in [3.8, 4) is 5.75 Å². The summed E-state index contributed by atoms with van der Waals surface area (Å²) >= 11 is 0. The minimum Gasteiger partial charge on any atom is -0.494 e. The van der Waals surface area contributed by atoms with E-state index in [-0.39, 0.29) is 11.7 Å². The van der Waals surface area contributed by atoms with Crippen LogP contribution < -0.4 is 10.5 Å². The van der Waals surface area contributed by atoms with Crippen molar-refractivity contribution in [1.82, 2.24) is 0 Å². The number of hydrogen-bond donors (Lipinski definition) is 1. The van der Waals surface area contributed by atoms with E-state index in [4.69, 9.17) is 10.5 Å². The molecule has 0 heterocycles. The molecule has 0 aliphatic carbocycles. The monoisotopic (exact) mass is 301 g/mol. The third-order valence-corrected chi connectivity index (χ3v) is 3.78. The van der Waals surface area contributed by atoms with Crippen LogP contribution in [-0.2, 0) is 6.42 Å². The molecule has 0 aliphatic heterocycles. The Labute approximate surface area is 132 Å². The Morgan fingerprint density at radius 2 is 1.91 bits per heavy atom. The first kappa shape index (κ1) is 16.5. The summed E-state index contributed by atoms with van der Waals surface area (Å²) in [6.07, 6.45) is 3.00. The summed E-state index contributed by atoms with van der Waals surface area (Å²) in [6, 6.07) is 14.8. The Balaban J connectivity index is 1.99. The van der Waals surface area contributed by atoms with Crippen molar-refractivity contribution in [3.63, 3.8) is 0 Å². The summed E-state index contributed by atoms with van der Waals surface area (Å²) in [5.41, 5.74) is 8.00. The molecule has 2 nitrogen and oxygen atoms in total. The van der Waals surface area contributed by atoms with Crippen molar-refractivity contribution in [2.45, 2.75) is 32.1 Å². The van der Waals surface area contributed by atoms with Crippen LogP contribution in [0.15, 0.2) is 48.5 Å². The molecule has 0 amide bonds. The third-order valence-electron chi connectivity index (χ3n) is 3.78. The molecule has 3 heteroatoms. The smallest absolute Gasteiger partial charge is 0.123 e. The quantitative estimate of drug-likeness (QED) is 0.738. The van der Waals surface area contributed by atoms with Gasteiger partial charge in [0.1, 0.15) is 11.6 Å². The van der Waals surface area contributed by atoms with Crippen LogP contribution in [0.25, 0.3) is 0 Å². The molecular weight excluding hydrogens is 277 g/mol. The molecular formula is C19H24FNO. The Kier molecular flexibility index (Phi) is 6.41. The molecule has 0 aromatic heterocycles. The highest BCUT2D eigenvalue weighted by molar-refractivity contribution is 5.30. The molecule has 2 aromatic carbocycles. The van der Waals surface area contributed by atoms with E-state index in [0.717, 1.165) is 37.2 Å². The highest BCUT2D eigenvalue weighted by atomic mass is 19.1. The van der Waals surface area contributed by atoms with Gasteiger partial charge in [-0.2, -0.15) is 0 Å². The first-order valence-corrected chi connectivity index (χ1v) is 7.90. The van der Waals surface area contributed by atoms with E-state index in [1.165, 1.54) is 11.6 Å². The van der Waals surface area contributed by atoms with E-state index in [1.54, 1.807) is 12.1 Å². The molecule has 2 N–H and O–H groups in total. The van der Waals surface area contributed by atoms with Crippen molar-refractivity contribution >= 4 is 0 Å². The number of ether oxygens (including phenoxy) is 1. The van der Waals surface area contributed by atoms with Crippen LogP contribution in [0.2, 0.25) is 0 Å². The first-order chi connectivity index (χ1) is 10.7. The minimum absolute atomic E-state index is 0.127. The molecule has 0 spiro atoms. The maximum Gasteiger partial charge on any atom is 0.123 e. The fourth-order valence-corrected chi connectivity index (χ4v) is 2.44. The molecule has 0 fully saturated rings. The molecule has 2 rings (SSSR count). The van der Waals surface area contributed by atoms with E-state index in [2.05, 4.69) is 19.1 Å². The molecule has 118 valence electrons. The van der Waals surface area contributed by atoms with Gasteiger partial charge in [0.05, 0.1) is 6.61 Å². The van der Waals surface area contributed by atoms with Crippen LogP contribution in [0.4, 0.5) is 4.39 Å². The molecule has 0 saturated heterocycles. The SMILES string of the molecule is CCCCOc1ccc(CC(CN)c2cccc(F)c2)cc1. The Hall–Kier alpha value is -1.87. The lowest BCUT2D eigenvalue weighted by Gasteiger charge is -2.16. The maximum absolute atomic E-state index is 13.3. The summed E-state index contributed by atoms with van der Waals surface area (Å²) in [5.74, 6) is 0.811. The summed E-state index contributed by atoms with van der Waals surface area (Å²) in [5, 5.41) is 0. The zero-order valence-corrected chi connectivity index (χ0v) is 13.1. The number of rotatable bonds is 8. The second-order valence-corrected chi connectivity index (χ2v) is 5.54. The summed E-state index contributed by atoms with van der Waals surface area (Å²) < 4.78 is 19.0. The zero-order valence-electron chi connectivity index (χ0n) is 13.1. The lowest BCUT2D eigenvalue weighted by Crippen LogP contribution is -2.15. The fraction of sp³-hybridized carbons (Fsp3) is 0.368. The Morgan fingerprint density at radius 1 is 1.14 bits per heavy atom. The van der Waals surface area contributed by atoms with Crippen LogP contribution in [0, 0.1) is 5.82 Å². The first-order valence-electron chi connectivity index (χ1n) is 7.90. The number of benzene rings is 2. The molecule has 0 aliphatic rings. The van der Waals surface area contributed by atoms with Crippen LogP contribution in [0.3, 0.4) is 0 Å². The number of nitrogens with two attached hydrogens (primary N) is 1.